The topological polar surface area (TPSA) is 58.6 Å². The van der Waals surface area contributed by atoms with Gasteiger partial charge in [-0.05, 0) is 68.5 Å². The van der Waals surface area contributed by atoms with Gasteiger partial charge in [0, 0.05) is 19.0 Å². The van der Waals surface area contributed by atoms with E-state index in [1.54, 1.807) is 4.90 Å². The second-order valence-electron chi connectivity index (χ2n) is 9.57. The second kappa shape index (κ2) is 12.9. The number of nitrogens with zero attached hydrogens (tertiary/aromatic N) is 1. The molecule has 36 heavy (non-hydrogen) atoms. The third-order valence-electron chi connectivity index (χ3n) is 6.59. The molecule has 0 radical (unpaired) electrons. The van der Waals surface area contributed by atoms with Gasteiger partial charge in [0.1, 0.15) is 11.8 Å². The van der Waals surface area contributed by atoms with Crippen molar-refractivity contribution in [2.24, 2.45) is 0 Å². The van der Waals surface area contributed by atoms with Crippen molar-refractivity contribution in [3.8, 4) is 5.75 Å². The molecule has 3 rings (SSSR count). The number of hydrogen-bond donors (Lipinski definition) is 1. The molecule has 2 atom stereocenters. The number of hydrogen-bond acceptors (Lipinski definition) is 3. The summed E-state index contributed by atoms with van der Waals surface area (Å²) >= 11 is 0. The maximum atomic E-state index is 13.7. The van der Waals surface area contributed by atoms with Crippen molar-refractivity contribution in [2.75, 3.05) is 6.61 Å². The zero-order valence-electron chi connectivity index (χ0n) is 22.1. The van der Waals surface area contributed by atoms with Crippen LogP contribution in [0.3, 0.4) is 0 Å². The van der Waals surface area contributed by atoms with Crippen LogP contribution in [0.2, 0.25) is 0 Å². The molecule has 3 aromatic carbocycles. The highest BCUT2D eigenvalue weighted by molar-refractivity contribution is 5.88. The molecular weight excluding hydrogens is 448 g/mol. The number of carbonyl (C=O) groups excluding carboxylic acids is 2. The van der Waals surface area contributed by atoms with Crippen molar-refractivity contribution in [1.29, 1.82) is 0 Å². The molecule has 0 aromatic heterocycles. The largest absolute Gasteiger partial charge is 0.484 e. The third-order valence-corrected chi connectivity index (χ3v) is 6.59. The molecule has 0 aliphatic heterocycles. The molecule has 2 amide bonds. The molecule has 5 heteroatoms. The maximum Gasteiger partial charge on any atom is 0.261 e. The standard InChI is InChI=1S/C31H38N2O3/c1-6-25(5)32-31(35)29(19-26-10-8-7-9-11-26)33(20-27-15-12-22(2)13-16-27)30(34)21-36-28-17-14-23(3)24(4)18-28/h7-18,25,29H,6,19-21H2,1-5H3,(H,32,35)/t25-,29-/m0/s1. The van der Waals surface area contributed by atoms with Gasteiger partial charge in [0.15, 0.2) is 6.61 Å². The van der Waals surface area contributed by atoms with E-state index in [0.29, 0.717) is 18.7 Å². The summed E-state index contributed by atoms with van der Waals surface area (Å²) in [7, 11) is 0. The molecule has 0 unspecified atom stereocenters. The van der Waals surface area contributed by atoms with E-state index in [1.165, 1.54) is 5.56 Å². The lowest BCUT2D eigenvalue weighted by molar-refractivity contribution is -0.143. The van der Waals surface area contributed by atoms with Crippen LogP contribution < -0.4 is 10.1 Å². The zero-order chi connectivity index (χ0) is 26.1. The van der Waals surface area contributed by atoms with Crippen molar-refractivity contribution >= 4 is 11.8 Å². The molecule has 0 bridgehead atoms. The van der Waals surface area contributed by atoms with Gasteiger partial charge in [-0.15, -0.1) is 0 Å². The number of aryl methyl sites for hydroxylation is 3. The van der Waals surface area contributed by atoms with Crippen LogP contribution in [0.1, 0.15) is 48.1 Å². The van der Waals surface area contributed by atoms with E-state index in [0.717, 1.165) is 28.7 Å². The number of nitrogens with one attached hydrogen (secondary N) is 1. The summed E-state index contributed by atoms with van der Waals surface area (Å²) < 4.78 is 5.90. The van der Waals surface area contributed by atoms with Crippen LogP contribution in [0.15, 0.2) is 72.8 Å². The van der Waals surface area contributed by atoms with Crippen molar-refractivity contribution in [3.63, 3.8) is 0 Å². The second-order valence-corrected chi connectivity index (χ2v) is 9.57. The van der Waals surface area contributed by atoms with Gasteiger partial charge in [-0.2, -0.15) is 0 Å². The molecule has 0 heterocycles. The van der Waals surface area contributed by atoms with Gasteiger partial charge in [-0.25, -0.2) is 0 Å². The van der Waals surface area contributed by atoms with Crippen LogP contribution in [0, 0.1) is 20.8 Å². The molecule has 0 aliphatic carbocycles. The van der Waals surface area contributed by atoms with Crippen molar-refractivity contribution < 1.29 is 14.3 Å². The lowest BCUT2D eigenvalue weighted by Crippen LogP contribution is -2.53. The molecular formula is C31H38N2O3. The molecule has 190 valence electrons. The predicted octanol–water partition coefficient (Wildman–Crippen LogP) is 5.55. The first-order valence-corrected chi connectivity index (χ1v) is 12.7. The number of benzene rings is 3. The van der Waals surface area contributed by atoms with Crippen LogP contribution >= 0.6 is 0 Å². The Bertz CT molecular complexity index is 1140. The fourth-order valence-corrected chi connectivity index (χ4v) is 3.92. The summed E-state index contributed by atoms with van der Waals surface area (Å²) in [5, 5.41) is 3.09. The quantitative estimate of drug-likeness (QED) is 0.387. The Morgan fingerprint density at radius 1 is 0.889 bits per heavy atom. The number of rotatable bonds is 11. The summed E-state index contributed by atoms with van der Waals surface area (Å²) in [4.78, 5) is 28.8. The smallest absolute Gasteiger partial charge is 0.261 e. The van der Waals surface area contributed by atoms with Gasteiger partial charge >= 0.3 is 0 Å². The van der Waals surface area contributed by atoms with Crippen LogP contribution in [-0.2, 0) is 22.6 Å². The summed E-state index contributed by atoms with van der Waals surface area (Å²) in [6.45, 7) is 10.3. The van der Waals surface area contributed by atoms with Crippen molar-refractivity contribution in [3.05, 3.63) is 101 Å². The van der Waals surface area contributed by atoms with Crippen molar-refractivity contribution in [1.82, 2.24) is 10.2 Å². The van der Waals surface area contributed by atoms with Crippen LogP contribution in [0.25, 0.3) is 0 Å². The Labute approximate surface area is 215 Å². The summed E-state index contributed by atoms with van der Waals surface area (Å²) in [6, 6.07) is 23.0. The predicted molar refractivity (Wildman–Crippen MR) is 145 cm³/mol. The van der Waals surface area contributed by atoms with E-state index < -0.39 is 6.04 Å². The number of carbonyl (C=O) groups is 2. The van der Waals surface area contributed by atoms with Crippen LogP contribution in [0.5, 0.6) is 5.75 Å². The Hall–Kier alpha value is -3.60. The van der Waals surface area contributed by atoms with E-state index in [2.05, 4.69) is 5.32 Å². The molecule has 0 saturated heterocycles. The summed E-state index contributed by atoms with van der Waals surface area (Å²) in [5.41, 5.74) is 5.38. The zero-order valence-corrected chi connectivity index (χ0v) is 22.1. The fourth-order valence-electron chi connectivity index (χ4n) is 3.92. The van der Waals surface area contributed by atoms with E-state index >= 15 is 0 Å². The summed E-state index contributed by atoms with van der Waals surface area (Å²) in [5.74, 6) is 0.263. The lowest BCUT2D eigenvalue weighted by Gasteiger charge is -2.32. The van der Waals surface area contributed by atoms with Gasteiger partial charge in [-0.1, -0.05) is 73.2 Å². The van der Waals surface area contributed by atoms with Gasteiger partial charge in [0.2, 0.25) is 5.91 Å². The molecule has 0 saturated carbocycles. The third kappa shape index (κ3) is 7.70. The first-order valence-electron chi connectivity index (χ1n) is 12.7. The molecule has 5 nitrogen and oxygen atoms in total. The highest BCUT2D eigenvalue weighted by Crippen LogP contribution is 2.19. The Morgan fingerprint density at radius 3 is 2.22 bits per heavy atom. The van der Waals surface area contributed by atoms with Crippen LogP contribution in [0.4, 0.5) is 0 Å². The first kappa shape index (κ1) is 27.0. The average Bonchev–Trinajstić information content (AvgIpc) is 2.88. The summed E-state index contributed by atoms with van der Waals surface area (Å²) in [6.07, 6.45) is 1.23. The average molecular weight is 487 g/mol. The Morgan fingerprint density at radius 2 is 1.58 bits per heavy atom. The molecule has 1 N–H and O–H groups in total. The molecule has 3 aromatic rings. The van der Waals surface area contributed by atoms with E-state index in [-0.39, 0.29) is 24.5 Å². The SMILES string of the molecule is CC[C@H](C)NC(=O)[C@H](Cc1ccccc1)N(Cc1ccc(C)cc1)C(=O)COc1ccc(C)c(C)c1. The fraction of sp³-hybridized carbons (Fsp3) is 0.355. The minimum absolute atomic E-state index is 0.0129. The Kier molecular flexibility index (Phi) is 9.69. The van der Waals surface area contributed by atoms with Gasteiger partial charge < -0.3 is 15.0 Å². The molecule has 0 fully saturated rings. The lowest BCUT2D eigenvalue weighted by atomic mass is 10.0. The van der Waals surface area contributed by atoms with Crippen molar-refractivity contribution in [2.45, 2.75) is 66.1 Å². The minimum atomic E-state index is -0.668. The molecule has 0 aliphatic rings. The monoisotopic (exact) mass is 486 g/mol. The van der Waals surface area contributed by atoms with E-state index in [9.17, 15) is 9.59 Å². The molecule has 0 spiro atoms. The normalized spacial score (nSPS) is 12.5. The Balaban J connectivity index is 1.90. The van der Waals surface area contributed by atoms with E-state index in [4.69, 9.17) is 4.74 Å². The van der Waals surface area contributed by atoms with Gasteiger partial charge in [-0.3, -0.25) is 9.59 Å². The number of amides is 2. The minimum Gasteiger partial charge on any atom is -0.484 e. The first-order chi connectivity index (χ1) is 17.3. The maximum absolute atomic E-state index is 13.7. The van der Waals surface area contributed by atoms with Gasteiger partial charge in [0.05, 0.1) is 0 Å². The number of ether oxygens (including phenoxy) is 1. The highest BCUT2D eigenvalue weighted by Gasteiger charge is 2.31. The van der Waals surface area contributed by atoms with E-state index in [1.807, 2.05) is 107 Å². The van der Waals surface area contributed by atoms with Crippen LogP contribution in [-0.4, -0.2) is 35.4 Å². The highest BCUT2D eigenvalue weighted by atomic mass is 16.5. The van der Waals surface area contributed by atoms with Gasteiger partial charge in [0.25, 0.3) is 5.91 Å².